The number of likely N-dealkylation sites (tertiary alicyclic amines) is 1. The summed E-state index contributed by atoms with van der Waals surface area (Å²) < 4.78 is 7.12. The molecule has 6 heteroatoms. The predicted octanol–water partition coefficient (Wildman–Crippen LogP) is 3.29. The number of benzene rings is 1. The van der Waals surface area contributed by atoms with Gasteiger partial charge in [0, 0.05) is 6.54 Å². The van der Waals surface area contributed by atoms with E-state index in [2.05, 4.69) is 22.3 Å². The van der Waals surface area contributed by atoms with Crippen LogP contribution in [-0.4, -0.2) is 32.1 Å². The van der Waals surface area contributed by atoms with E-state index in [9.17, 15) is 4.79 Å². The van der Waals surface area contributed by atoms with Crippen molar-refractivity contribution in [2.45, 2.75) is 31.8 Å². The molecule has 1 amide bonds. The van der Waals surface area contributed by atoms with Gasteiger partial charge < -0.3 is 13.9 Å². The smallest absolute Gasteiger partial charge is 0.257 e. The molecule has 0 radical (unpaired) electrons. The molecule has 128 valence electrons. The van der Waals surface area contributed by atoms with E-state index >= 15 is 0 Å². The second-order valence-electron chi connectivity index (χ2n) is 6.32. The topological polar surface area (TPSA) is 64.2 Å². The molecule has 0 unspecified atom stereocenters. The molecule has 0 N–H and O–H groups in total. The Balaban J connectivity index is 1.61. The highest BCUT2D eigenvalue weighted by molar-refractivity contribution is 5.94. The van der Waals surface area contributed by atoms with E-state index in [4.69, 9.17) is 4.42 Å². The molecule has 1 atom stereocenters. The third-order valence-electron chi connectivity index (χ3n) is 4.67. The maximum Gasteiger partial charge on any atom is 0.257 e. The summed E-state index contributed by atoms with van der Waals surface area (Å²) in [7, 11) is 0. The molecule has 6 nitrogen and oxygen atoms in total. The summed E-state index contributed by atoms with van der Waals surface area (Å²) >= 11 is 0. The fraction of sp³-hybridized carbons (Fsp3) is 0.316. The van der Waals surface area contributed by atoms with Crippen molar-refractivity contribution in [1.29, 1.82) is 0 Å². The molecule has 25 heavy (non-hydrogen) atoms. The molecule has 1 saturated heterocycles. The number of nitrogens with zero attached hydrogens (tertiary/aromatic N) is 4. The van der Waals surface area contributed by atoms with Crippen LogP contribution in [0.1, 0.15) is 47.1 Å². The molecule has 4 rings (SSSR count). The number of hydrogen-bond acceptors (Lipinski definition) is 4. The van der Waals surface area contributed by atoms with E-state index in [-0.39, 0.29) is 11.9 Å². The van der Waals surface area contributed by atoms with Gasteiger partial charge in [0.2, 0.25) is 0 Å². The Labute approximate surface area is 146 Å². The van der Waals surface area contributed by atoms with E-state index < -0.39 is 0 Å². The highest BCUT2D eigenvalue weighted by atomic mass is 16.3. The van der Waals surface area contributed by atoms with Crippen molar-refractivity contribution in [2.24, 2.45) is 0 Å². The van der Waals surface area contributed by atoms with Crippen LogP contribution in [0.5, 0.6) is 0 Å². The summed E-state index contributed by atoms with van der Waals surface area (Å²) in [5, 5.41) is 8.45. The lowest BCUT2D eigenvalue weighted by Crippen LogP contribution is -2.39. The average Bonchev–Trinajstić information content (AvgIpc) is 3.34. The highest BCUT2D eigenvalue weighted by Crippen LogP contribution is 2.31. The third kappa shape index (κ3) is 3.20. The lowest BCUT2D eigenvalue weighted by atomic mass is 10.0. The van der Waals surface area contributed by atoms with Gasteiger partial charge in [-0.3, -0.25) is 4.79 Å². The van der Waals surface area contributed by atoms with Gasteiger partial charge in [-0.15, -0.1) is 10.2 Å². The fourth-order valence-electron chi connectivity index (χ4n) is 3.42. The number of furan rings is 1. The number of amides is 1. The first-order chi connectivity index (χ1) is 12.3. The summed E-state index contributed by atoms with van der Waals surface area (Å²) in [4.78, 5) is 14.7. The summed E-state index contributed by atoms with van der Waals surface area (Å²) in [6, 6.07) is 11.9. The molecule has 1 aliphatic rings. The van der Waals surface area contributed by atoms with Gasteiger partial charge in [0.1, 0.15) is 12.6 Å². The average molecular weight is 336 g/mol. The van der Waals surface area contributed by atoms with Gasteiger partial charge in [-0.1, -0.05) is 30.3 Å². The Hall–Kier alpha value is -2.89. The summed E-state index contributed by atoms with van der Waals surface area (Å²) in [5.41, 5.74) is 1.77. The van der Waals surface area contributed by atoms with Crippen LogP contribution in [0.15, 0.2) is 59.7 Å². The SMILES string of the molecule is O=C(c1ccoc1)N1CCCC[C@H]1c1nncn1Cc1ccccc1. The molecule has 1 aliphatic heterocycles. The Morgan fingerprint density at radius 3 is 2.88 bits per heavy atom. The second-order valence-corrected chi connectivity index (χ2v) is 6.32. The molecule has 0 spiro atoms. The summed E-state index contributed by atoms with van der Waals surface area (Å²) in [6.07, 6.45) is 7.77. The summed E-state index contributed by atoms with van der Waals surface area (Å²) in [6.45, 7) is 1.43. The number of rotatable bonds is 4. The van der Waals surface area contributed by atoms with Gasteiger partial charge in [0.15, 0.2) is 5.82 Å². The van der Waals surface area contributed by atoms with E-state index in [1.807, 2.05) is 27.7 Å². The Morgan fingerprint density at radius 2 is 2.08 bits per heavy atom. The molecule has 1 fully saturated rings. The van der Waals surface area contributed by atoms with Gasteiger partial charge in [-0.25, -0.2) is 0 Å². The standard InChI is InChI=1S/C19H20N4O2/c24-19(16-9-11-25-13-16)23-10-5-4-8-17(23)18-21-20-14-22(18)12-15-6-2-1-3-7-15/h1-3,6-7,9,11,13-14,17H,4-5,8,10,12H2/t17-/m0/s1. The lowest BCUT2D eigenvalue weighted by molar-refractivity contribution is 0.0594. The largest absolute Gasteiger partial charge is 0.472 e. The number of hydrogen-bond donors (Lipinski definition) is 0. The molecule has 3 aromatic rings. The van der Waals surface area contributed by atoms with Crippen molar-refractivity contribution in [1.82, 2.24) is 19.7 Å². The minimum Gasteiger partial charge on any atom is -0.472 e. The first-order valence-corrected chi connectivity index (χ1v) is 8.58. The monoisotopic (exact) mass is 336 g/mol. The number of carbonyl (C=O) groups is 1. The first-order valence-electron chi connectivity index (χ1n) is 8.58. The fourth-order valence-corrected chi connectivity index (χ4v) is 3.42. The van der Waals surface area contributed by atoms with E-state index in [1.54, 1.807) is 12.4 Å². The van der Waals surface area contributed by atoms with Crippen LogP contribution in [0.3, 0.4) is 0 Å². The molecule has 2 aromatic heterocycles. The molecular weight excluding hydrogens is 316 g/mol. The van der Waals surface area contributed by atoms with Crippen molar-refractivity contribution < 1.29 is 9.21 Å². The van der Waals surface area contributed by atoms with Crippen molar-refractivity contribution in [2.75, 3.05) is 6.54 Å². The molecule has 1 aromatic carbocycles. The minimum absolute atomic E-state index is 0.00675. The zero-order valence-electron chi connectivity index (χ0n) is 13.9. The van der Waals surface area contributed by atoms with Crippen molar-refractivity contribution in [3.63, 3.8) is 0 Å². The van der Waals surface area contributed by atoms with Gasteiger partial charge in [-0.05, 0) is 30.9 Å². The Kier molecular flexibility index (Phi) is 4.33. The van der Waals surface area contributed by atoms with Crippen molar-refractivity contribution in [3.8, 4) is 0 Å². The van der Waals surface area contributed by atoms with E-state index in [1.165, 1.54) is 18.1 Å². The molecule has 3 heterocycles. The van der Waals surface area contributed by atoms with Crippen molar-refractivity contribution >= 4 is 5.91 Å². The molecule has 0 bridgehead atoms. The van der Waals surface area contributed by atoms with Crippen molar-refractivity contribution in [3.05, 3.63) is 72.2 Å². The van der Waals surface area contributed by atoms with Crippen LogP contribution in [0.2, 0.25) is 0 Å². The van der Waals surface area contributed by atoms with Crippen LogP contribution in [0.4, 0.5) is 0 Å². The van der Waals surface area contributed by atoms with Gasteiger partial charge in [0.25, 0.3) is 5.91 Å². The van der Waals surface area contributed by atoms with Gasteiger partial charge in [0.05, 0.1) is 24.4 Å². The predicted molar refractivity (Wildman–Crippen MR) is 91.9 cm³/mol. The quantitative estimate of drug-likeness (QED) is 0.733. The summed E-state index contributed by atoms with van der Waals surface area (Å²) in [5.74, 6) is 0.841. The van der Waals surface area contributed by atoms with E-state index in [0.717, 1.165) is 31.6 Å². The van der Waals surface area contributed by atoms with Crippen LogP contribution >= 0.6 is 0 Å². The van der Waals surface area contributed by atoms with Crippen LogP contribution in [-0.2, 0) is 6.54 Å². The Morgan fingerprint density at radius 1 is 1.20 bits per heavy atom. The normalized spacial score (nSPS) is 17.6. The number of aromatic nitrogens is 3. The molecule has 0 aliphatic carbocycles. The highest BCUT2D eigenvalue weighted by Gasteiger charge is 2.32. The third-order valence-corrected chi connectivity index (χ3v) is 4.67. The number of piperidine rings is 1. The molecule has 0 saturated carbocycles. The zero-order valence-corrected chi connectivity index (χ0v) is 13.9. The maximum absolute atomic E-state index is 12.8. The van der Waals surface area contributed by atoms with Gasteiger partial charge in [-0.2, -0.15) is 0 Å². The minimum atomic E-state index is -0.0534. The van der Waals surface area contributed by atoms with Crippen LogP contribution < -0.4 is 0 Å². The maximum atomic E-state index is 12.8. The zero-order chi connectivity index (χ0) is 17.1. The lowest BCUT2D eigenvalue weighted by Gasteiger charge is -2.35. The molecular formula is C19H20N4O2. The van der Waals surface area contributed by atoms with Crippen LogP contribution in [0, 0.1) is 0 Å². The number of carbonyl (C=O) groups excluding carboxylic acids is 1. The second kappa shape index (κ2) is 6.93. The van der Waals surface area contributed by atoms with Crippen LogP contribution in [0.25, 0.3) is 0 Å². The first kappa shape index (κ1) is 15.6. The Bertz CT molecular complexity index is 826. The van der Waals surface area contributed by atoms with E-state index in [0.29, 0.717) is 12.1 Å². The van der Waals surface area contributed by atoms with Gasteiger partial charge >= 0.3 is 0 Å².